The fourth-order valence-corrected chi connectivity index (χ4v) is 2.81. The number of hydrogen-bond acceptors (Lipinski definition) is 2. The van der Waals surface area contributed by atoms with Crippen LogP contribution in [0.3, 0.4) is 0 Å². The molecule has 1 aromatic rings. The van der Waals surface area contributed by atoms with Crippen LogP contribution in [0.15, 0.2) is 24.3 Å². The van der Waals surface area contributed by atoms with Crippen LogP contribution in [0.4, 0.5) is 4.39 Å². The third-order valence-corrected chi connectivity index (χ3v) is 4.07. The molecule has 1 saturated heterocycles. The van der Waals surface area contributed by atoms with Crippen LogP contribution < -0.4 is 5.32 Å². The van der Waals surface area contributed by atoms with Crippen LogP contribution in [0.1, 0.15) is 31.7 Å². The molecule has 110 valence electrons. The Balaban J connectivity index is 1.94. The van der Waals surface area contributed by atoms with E-state index in [-0.39, 0.29) is 17.8 Å². The highest BCUT2D eigenvalue weighted by molar-refractivity contribution is 5.81. The van der Waals surface area contributed by atoms with Crippen molar-refractivity contribution in [1.82, 2.24) is 10.2 Å². The zero-order chi connectivity index (χ0) is 14.5. The van der Waals surface area contributed by atoms with Gasteiger partial charge in [-0.2, -0.15) is 0 Å². The van der Waals surface area contributed by atoms with Crippen molar-refractivity contribution >= 4 is 5.91 Å². The van der Waals surface area contributed by atoms with Gasteiger partial charge in [-0.3, -0.25) is 4.79 Å². The number of halogens is 1. The van der Waals surface area contributed by atoms with E-state index < -0.39 is 0 Å². The third-order valence-electron chi connectivity index (χ3n) is 4.07. The SMILES string of the molecule is CCC1CCNC(C(=O)N(C)Cc2cccc(F)c2)C1. The number of likely N-dealkylation sites (N-methyl/N-ethyl adjacent to an activating group) is 1. The van der Waals surface area contributed by atoms with Crippen molar-refractivity contribution < 1.29 is 9.18 Å². The summed E-state index contributed by atoms with van der Waals surface area (Å²) < 4.78 is 13.2. The summed E-state index contributed by atoms with van der Waals surface area (Å²) in [5.41, 5.74) is 0.823. The van der Waals surface area contributed by atoms with Gasteiger partial charge in [0.15, 0.2) is 0 Å². The first-order valence-corrected chi connectivity index (χ1v) is 7.33. The maximum atomic E-state index is 13.2. The van der Waals surface area contributed by atoms with Crippen molar-refractivity contribution in [2.24, 2.45) is 5.92 Å². The molecule has 0 bridgehead atoms. The molecule has 0 aromatic heterocycles. The van der Waals surface area contributed by atoms with Crippen molar-refractivity contribution in [3.05, 3.63) is 35.6 Å². The highest BCUT2D eigenvalue weighted by Gasteiger charge is 2.27. The van der Waals surface area contributed by atoms with E-state index in [1.54, 1.807) is 18.0 Å². The van der Waals surface area contributed by atoms with Gasteiger partial charge in [-0.15, -0.1) is 0 Å². The normalized spacial score (nSPS) is 22.6. The number of benzene rings is 1. The Morgan fingerprint density at radius 3 is 3.00 bits per heavy atom. The lowest BCUT2D eigenvalue weighted by atomic mass is 9.90. The molecule has 0 aliphatic carbocycles. The van der Waals surface area contributed by atoms with Gasteiger partial charge in [0.2, 0.25) is 5.91 Å². The molecule has 1 heterocycles. The van der Waals surface area contributed by atoms with Crippen molar-refractivity contribution in [1.29, 1.82) is 0 Å². The molecule has 2 atom stereocenters. The number of hydrogen-bond donors (Lipinski definition) is 1. The van der Waals surface area contributed by atoms with Gasteiger partial charge < -0.3 is 10.2 Å². The van der Waals surface area contributed by atoms with Gasteiger partial charge in [0.25, 0.3) is 0 Å². The fourth-order valence-electron chi connectivity index (χ4n) is 2.81. The first kappa shape index (κ1) is 15.0. The van der Waals surface area contributed by atoms with Gasteiger partial charge in [0.05, 0.1) is 6.04 Å². The van der Waals surface area contributed by atoms with E-state index in [0.717, 1.165) is 31.4 Å². The summed E-state index contributed by atoms with van der Waals surface area (Å²) >= 11 is 0. The fraction of sp³-hybridized carbons (Fsp3) is 0.562. The van der Waals surface area contributed by atoms with Crippen molar-refractivity contribution in [3.63, 3.8) is 0 Å². The van der Waals surface area contributed by atoms with E-state index >= 15 is 0 Å². The monoisotopic (exact) mass is 278 g/mol. The second kappa shape index (κ2) is 6.84. The molecule has 1 aliphatic heterocycles. The maximum absolute atomic E-state index is 13.2. The maximum Gasteiger partial charge on any atom is 0.239 e. The molecule has 4 heteroatoms. The van der Waals surface area contributed by atoms with Crippen LogP contribution in [0.5, 0.6) is 0 Å². The Kier molecular flexibility index (Phi) is 5.12. The predicted molar refractivity (Wildman–Crippen MR) is 77.7 cm³/mol. The molecular formula is C16H23FN2O. The molecule has 0 radical (unpaired) electrons. The highest BCUT2D eigenvalue weighted by atomic mass is 19.1. The third kappa shape index (κ3) is 3.79. The van der Waals surface area contributed by atoms with Crippen LogP contribution >= 0.6 is 0 Å². The number of carbonyl (C=O) groups excluding carboxylic acids is 1. The second-order valence-corrected chi connectivity index (χ2v) is 5.63. The van der Waals surface area contributed by atoms with E-state index in [1.165, 1.54) is 12.1 Å². The number of amides is 1. The Morgan fingerprint density at radius 1 is 1.50 bits per heavy atom. The molecule has 1 amide bonds. The number of nitrogens with zero attached hydrogens (tertiary/aromatic N) is 1. The molecule has 1 N–H and O–H groups in total. The first-order valence-electron chi connectivity index (χ1n) is 7.33. The summed E-state index contributed by atoms with van der Waals surface area (Å²) in [5, 5.41) is 3.30. The average Bonchev–Trinajstić information content (AvgIpc) is 2.46. The van der Waals surface area contributed by atoms with Gasteiger partial charge in [0, 0.05) is 13.6 Å². The van der Waals surface area contributed by atoms with Gasteiger partial charge in [0.1, 0.15) is 5.82 Å². The van der Waals surface area contributed by atoms with Crippen molar-refractivity contribution in [2.45, 2.75) is 38.8 Å². The Morgan fingerprint density at radius 2 is 2.30 bits per heavy atom. The summed E-state index contributed by atoms with van der Waals surface area (Å²) in [7, 11) is 1.78. The van der Waals surface area contributed by atoms with Crippen LogP contribution in [0.25, 0.3) is 0 Å². The minimum Gasteiger partial charge on any atom is -0.340 e. The lowest BCUT2D eigenvalue weighted by Gasteiger charge is -2.31. The van der Waals surface area contributed by atoms with Crippen LogP contribution in [0, 0.1) is 11.7 Å². The zero-order valence-electron chi connectivity index (χ0n) is 12.2. The molecule has 1 aliphatic rings. The summed E-state index contributed by atoms with van der Waals surface area (Å²) in [4.78, 5) is 14.1. The smallest absolute Gasteiger partial charge is 0.239 e. The van der Waals surface area contributed by atoms with Gasteiger partial charge in [-0.1, -0.05) is 25.5 Å². The molecule has 2 rings (SSSR count). The van der Waals surface area contributed by atoms with Crippen molar-refractivity contribution in [3.8, 4) is 0 Å². The lowest BCUT2D eigenvalue weighted by Crippen LogP contribution is -2.49. The zero-order valence-corrected chi connectivity index (χ0v) is 12.2. The van der Waals surface area contributed by atoms with Gasteiger partial charge in [-0.25, -0.2) is 4.39 Å². The van der Waals surface area contributed by atoms with Crippen LogP contribution in [0.2, 0.25) is 0 Å². The molecular weight excluding hydrogens is 255 g/mol. The van der Waals surface area contributed by atoms with E-state index in [4.69, 9.17) is 0 Å². The average molecular weight is 278 g/mol. The largest absolute Gasteiger partial charge is 0.340 e. The number of piperidine rings is 1. The van der Waals surface area contributed by atoms with Crippen LogP contribution in [-0.4, -0.2) is 30.4 Å². The van der Waals surface area contributed by atoms with E-state index in [2.05, 4.69) is 12.2 Å². The topological polar surface area (TPSA) is 32.3 Å². The summed E-state index contributed by atoms with van der Waals surface area (Å²) in [6, 6.07) is 6.32. The minimum absolute atomic E-state index is 0.0905. The number of carbonyl (C=O) groups is 1. The molecule has 0 saturated carbocycles. The minimum atomic E-state index is -0.259. The summed E-state index contributed by atoms with van der Waals surface area (Å²) in [6.07, 6.45) is 3.18. The van der Waals surface area contributed by atoms with E-state index in [9.17, 15) is 9.18 Å². The molecule has 20 heavy (non-hydrogen) atoms. The van der Waals surface area contributed by atoms with E-state index in [1.807, 2.05) is 6.07 Å². The lowest BCUT2D eigenvalue weighted by molar-refractivity contribution is -0.133. The van der Waals surface area contributed by atoms with Gasteiger partial charge >= 0.3 is 0 Å². The number of nitrogens with one attached hydrogen (secondary N) is 1. The van der Waals surface area contributed by atoms with E-state index in [0.29, 0.717) is 12.5 Å². The number of rotatable bonds is 4. The quantitative estimate of drug-likeness (QED) is 0.918. The predicted octanol–water partition coefficient (Wildman–Crippen LogP) is 2.56. The summed E-state index contributed by atoms with van der Waals surface area (Å²) in [5.74, 6) is 0.477. The second-order valence-electron chi connectivity index (χ2n) is 5.63. The Hall–Kier alpha value is -1.42. The molecule has 0 spiro atoms. The highest BCUT2D eigenvalue weighted by Crippen LogP contribution is 2.20. The molecule has 1 fully saturated rings. The Bertz CT molecular complexity index is 464. The van der Waals surface area contributed by atoms with Gasteiger partial charge in [-0.05, 0) is 43.0 Å². The molecule has 1 aromatic carbocycles. The summed E-state index contributed by atoms with van der Waals surface area (Å²) in [6.45, 7) is 3.53. The molecule has 2 unspecified atom stereocenters. The molecule has 3 nitrogen and oxygen atoms in total. The Labute approximate surface area is 120 Å². The standard InChI is InChI=1S/C16H23FN2O/c1-3-12-7-8-18-15(10-12)16(20)19(2)11-13-5-4-6-14(17)9-13/h4-6,9,12,15,18H,3,7-8,10-11H2,1-2H3. The first-order chi connectivity index (χ1) is 9.60. The van der Waals surface area contributed by atoms with Crippen molar-refractivity contribution in [2.75, 3.05) is 13.6 Å². The van der Waals surface area contributed by atoms with Crippen LogP contribution in [-0.2, 0) is 11.3 Å².